The zero-order valence-electron chi connectivity index (χ0n) is 11.7. The number of nitrogens with two attached hydrogens (primary N) is 1. The van der Waals surface area contributed by atoms with Crippen molar-refractivity contribution in [2.24, 2.45) is 5.73 Å². The molecule has 1 fully saturated rings. The van der Waals surface area contributed by atoms with Crippen LogP contribution < -0.4 is 5.73 Å². The van der Waals surface area contributed by atoms with E-state index in [1.807, 2.05) is 35.2 Å². The predicted molar refractivity (Wildman–Crippen MR) is 78.1 cm³/mol. The molecule has 1 atom stereocenters. The molecule has 1 aliphatic heterocycles. The van der Waals surface area contributed by atoms with Crippen molar-refractivity contribution >= 4 is 5.91 Å². The molecule has 5 nitrogen and oxygen atoms in total. The zero-order chi connectivity index (χ0) is 14.4. The molecule has 110 valence electrons. The summed E-state index contributed by atoms with van der Waals surface area (Å²) in [4.78, 5) is 15.8. The monoisotopic (exact) mass is 277 g/mol. The summed E-state index contributed by atoms with van der Waals surface area (Å²) in [5.41, 5.74) is 6.34. The lowest BCUT2D eigenvalue weighted by atomic mass is 10.1. The van der Waals surface area contributed by atoms with E-state index in [2.05, 4.69) is 4.90 Å². The van der Waals surface area contributed by atoms with E-state index < -0.39 is 6.10 Å². The van der Waals surface area contributed by atoms with E-state index in [-0.39, 0.29) is 5.91 Å². The van der Waals surface area contributed by atoms with Crippen LogP contribution in [0.2, 0.25) is 0 Å². The highest BCUT2D eigenvalue weighted by molar-refractivity contribution is 5.76. The van der Waals surface area contributed by atoms with E-state index in [4.69, 9.17) is 5.73 Å². The highest BCUT2D eigenvalue weighted by Gasteiger charge is 2.22. The molecular formula is C15H23N3O2. The molecule has 0 saturated carbocycles. The van der Waals surface area contributed by atoms with Gasteiger partial charge in [0.05, 0.1) is 6.10 Å². The van der Waals surface area contributed by atoms with E-state index in [1.54, 1.807) is 0 Å². The third-order valence-electron chi connectivity index (χ3n) is 3.70. The normalized spacial score (nSPS) is 18.0. The molecule has 1 aromatic rings. The second-order valence-corrected chi connectivity index (χ2v) is 5.15. The summed E-state index contributed by atoms with van der Waals surface area (Å²) in [6, 6.07) is 9.68. The van der Waals surface area contributed by atoms with Crippen molar-refractivity contribution in [3.05, 3.63) is 35.9 Å². The van der Waals surface area contributed by atoms with E-state index in [0.717, 1.165) is 31.7 Å². The summed E-state index contributed by atoms with van der Waals surface area (Å²) in [7, 11) is 0. The molecule has 3 N–H and O–H groups in total. The van der Waals surface area contributed by atoms with Crippen molar-refractivity contribution < 1.29 is 9.90 Å². The van der Waals surface area contributed by atoms with Crippen molar-refractivity contribution in [1.82, 2.24) is 9.80 Å². The van der Waals surface area contributed by atoms with Crippen molar-refractivity contribution in [1.29, 1.82) is 0 Å². The first-order valence-electron chi connectivity index (χ1n) is 7.14. The van der Waals surface area contributed by atoms with Gasteiger partial charge in [0.25, 0.3) is 0 Å². The molecule has 1 heterocycles. The average molecular weight is 277 g/mol. The van der Waals surface area contributed by atoms with Gasteiger partial charge in [0, 0.05) is 45.7 Å². The summed E-state index contributed by atoms with van der Waals surface area (Å²) in [6.07, 6.45) is -0.0467. The van der Waals surface area contributed by atoms with E-state index in [0.29, 0.717) is 19.5 Å². The maximum atomic E-state index is 11.7. The molecule has 1 aromatic carbocycles. The van der Waals surface area contributed by atoms with Crippen LogP contribution >= 0.6 is 0 Å². The summed E-state index contributed by atoms with van der Waals surface area (Å²) in [6.45, 7) is 4.08. The number of carbonyl (C=O) groups excluding carboxylic acids is 1. The molecule has 5 heteroatoms. The number of β-amino-alcohol motifs (C(OH)–C–C–N with tert-alkyl or cyclic N) is 1. The number of carbonyl (C=O) groups is 1. The number of nitrogens with zero attached hydrogens (tertiary/aromatic N) is 2. The fourth-order valence-corrected chi connectivity index (χ4v) is 2.49. The largest absolute Gasteiger partial charge is 0.387 e. The summed E-state index contributed by atoms with van der Waals surface area (Å²) >= 11 is 0. The number of piperazine rings is 1. The molecule has 0 radical (unpaired) electrons. The highest BCUT2D eigenvalue weighted by Crippen LogP contribution is 2.15. The third kappa shape index (κ3) is 4.03. The van der Waals surface area contributed by atoms with Gasteiger partial charge >= 0.3 is 0 Å². The van der Waals surface area contributed by atoms with Crippen LogP contribution in [0.1, 0.15) is 18.1 Å². The van der Waals surface area contributed by atoms with Gasteiger partial charge in [-0.15, -0.1) is 0 Å². The Morgan fingerprint density at radius 3 is 2.45 bits per heavy atom. The van der Waals surface area contributed by atoms with Gasteiger partial charge in [-0.1, -0.05) is 30.3 Å². The first kappa shape index (κ1) is 15.0. The topological polar surface area (TPSA) is 69.8 Å². The second-order valence-electron chi connectivity index (χ2n) is 5.15. The lowest BCUT2D eigenvalue weighted by Crippen LogP contribution is -2.49. The Hall–Kier alpha value is -1.43. The van der Waals surface area contributed by atoms with Crippen LogP contribution in [0.15, 0.2) is 30.3 Å². The van der Waals surface area contributed by atoms with Crippen LogP contribution in [0.4, 0.5) is 0 Å². The second kappa shape index (κ2) is 7.38. The van der Waals surface area contributed by atoms with Gasteiger partial charge in [0.1, 0.15) is 0 Å². The van der Waals surface area contributed by atoms with Gasteiger partial charge in [-0.2, -0.15) is 0 Å². The molecule has 0 spiro atoms. The van der Waals surface area contributed by atoms with Crippen LogP contribution in [0.3, 0.4) is 0 Å². The standard InChI is InChI=1S/C15H23N3O2/c16-7-6-15(20)18-10-8-17(9-11-18)12-14(19)13-4-2-1-3-5-13/h1-5,14,19H,6-12,16H2. The number of rotatable bonds is 5. The number of aliphatic hydroxyl groups is 1. The van der Waals surface area contributed by atoms with Gasteiger partial charge in [-0.05, 0) is 5.56 Å². The number of amides is 1. The minimum atomic E-state index is -0.470. The lowest BCUT2D eigenvalue weighted by molar-refractivity contribution is -0.132. The van der Waals surface area contributed by atoms with Crippen LogP contribution in [-0.2, 0) is 4.79 Å². The number of hydrogen-bond donors (Lipinski definition) is 2. The Kier molecular flexibility index (Phi) is 5.52. The zero-order valence-corrected chi connectivity index (χ0v) is 11.7. The average Bonchev–Trinajstić information content (AvgIpc) is 2.49. The van der Waals surface area contributed by atoms with Crippen LogP contribution in [0, 0.1) is 0 Å². The fraction of sp³-hybridized carbons (Fsp3) is 0.533. The number of hydrogen-bond acceptors (Lipinski definition) is 4. The summed E-state index contributed by atoms with van der Waals surface area (Å²) < 4.78 is 0. The van der Waals surface area contributed by atoms with Crippen molar-refractivity contribution in [2.45, 2.75) is 12.5 Å². The van der Waals surface area contributed by atoms with Crippen LogP contribution in [0.25, 0.3) is 0 Å². The summed E-state index contributed by atoms with van der Waals surface area (Å²) in [5, 5.41) is 10.2. The minimum Gasteiger partial charge on any atom is -0.387 e. The van der Waals surface area contributed by atoms with Crippen LogP contribution in [0.5, 0.6) is 0 Å². The SMILES string of the molecule is NCCC(=O)N1CCN(CC(O)c2ccccc2)CC1. The third-order valence-corrected chi connectivity index (χ3v) is 3.70. The van der Waals surface area contributed by atoms with Gasteiger partial charge in [-0.3, -0.25) is 9.69 Å². The molecule has 1 amide bonds. The van der Waals surface area contributed by atoms with Crippen molar-refractivity contribution in [2.75, 3.05) is 39.3 Å². The van der Waals surface area contributed by atoms with Gasteiger partial charge in [-0.25, -0.2) is 0 Å². The molecule has 1 aliphatic rings. The maximum Gasteiger partial charge on any atom is 0.223 e. The Morgan fingerprint density at radius 2 is 1.85 bits per heavy atom. The Bertz CT molecular complexity index is 416. The van der Waals surface area contributed by atoms with E-state index in [1.165, 1.54) is 0 Å². The van der Waals surface area contributed by atoms with Crippen LogP contribution in [-0.4, -0.2) is 60.1 Å². The predicted octanol–water partition coefficient (Wildman–Crippen LogP) is 0.213. The Labute approximate surface area is 120 Å². The van der Waals surface area contributed by atoms with E-state index in [9.17, 15) is 9.90 Å². The van der Waals surface area contributed by atoms with Gasteiger partial charge < -0.3 is 15.7 Å². The first-order valence-corrected chi connectivity index (χ1v) is 7.14. The van der Waals surface area contributed by atoms with Crippen molar-refractivity contribution in [3.63, 3.8) is 0 Å². The smallest absolute Gasteiger partial charge is 0.223 e. The van der Waals surface area contributed by atoms with Gasteiger partial charge in [0.2, 0.25) is 5.91 Å². The molecule has 0 bridgehead atoms. The molecule has 0 aromatic heterocycles. The summed E-state index contributed by atoms with van der Waals surface area (Å²) in [5.74, 6) is 0.135. The van der Waals surface area contributed by atoms with E-state index >= 15 is 0 Å². The number of benzene rings is 1. The maximum absolute atomic E-state index is 11.7. The Balaban J connectivity index is 1.78. The quantitative estimate of drug-likeness (QED) is 0.807. The lowest BCUT2D eigenvalue weighted by Gasteiger charge is -2.35. The van der Waals surface area contributed by atoms with Gasteiger partial charge in [0.15, 0.2) is 0 Å². The molecule has 0 aliphatic carbocycles. The fourth-order valence-electron chi connectivity index (χ4n) is 2.49. The molecule has 1 unspecified atom stereocenters. The molecule has 20 heavy (non-hydrogen) atoms. The molecule has 2 rings (SSSR count). The number of aliphatic hydroxyl groups excluding tert-OH is 1. The first-order chi connectivity index (χ1) is 9.70. The highest BCUT2D eigenvalue weighted by atomic mass is 16.3. The molecular weight excluding hydrogens is 254 g/mol. The van der Waals surface area contributed by atoms with Crippen molar-refractivity contribution in [3.8, 4) is 0 Å². The molecule has 1 saturated heterocycles. The Morgan fingerprint density at radius 1 is 1.20 bits per heavy atom. The minimum absolute atomic E-state index is 0.135.